The average molecular weight is 461 g/mol. The first-order valence-corrected chi connectivity index (χ1v) is 11.6. The molecule has 1 amide bonds. The van der Waals surface area contributed by atoms with Crippen LogP contribution in [-0.2, 0) is 14.8 Å². The average Bonchev–Trinajstić information content (AvgIpc) is 2.79. The van der Waals surface area contributed by atoms with Crippen LogP contribution < -0.4 is 14.9 Å². The van der Waals surface area contributed by atoms with Crippen LogP contribution in [0, 0.1) is 6.92 Å². The summed E-state index contributed by atoms with van der Waals surface area (Å²) < 4.78 is 37.5. The van der Waals surface area contributed by atoms with E-state index in [4.69, 9.17) is 9.47 Å². The molecule has 172 valence electrons. The zero-order valence-corrected chi connectivity index (χ0v) is 19.3. The first-order chi connectivity index (χ1) is 15.3. The lowest BCUT2D eigenvalue weighted by molar-refractivity contribution is -0.122. The summed E-state index contributed by atoms with van der Waals surface area (Å²) in [6.45, 7) is 3.63. The summed E-state index contributed by atoms with van der Waals surface area (Å²) in [6.07, 6.45) is 1.49. The number of carbonyl (C=O) groups is 1. The molecule has 0 spiro atoms. The van der Waals surface area contributed by atoms with Gasteiger partial charge in [-0.1, -0.05) is 17.7 Å². The third-order valence-electron chi connectivity index (χ3n) is 5.19. The largest absolute Gasteiger partial charge is 0.497 e. The second-order valence-electron chi connectivity index (χ2n) is 7.39. The molecule has 0 radical (unpaired) electrons. The Balaban J connectivity index is 1.50. The van der Waals surface area contributed by atoms with E-state index in [1.807, 2.05) is 11.8 Å². The predicted octanol–water partition coefficient (Wildman–Crippen LogP) is 1.47. The molecule has 0 atom stereocenters. The summed E-state index contributed by atoms with van der Waals surface area (Å²) in [5.41, 5.74) is 4.18. The van der Waals surface area contributed by atoms with Gasteiger partial charge >= 0.3 is 0 Å². The Morgan fingerprint density at radius 2 is 1.75 bits per heavy atom. The number of hydrazone groups is 1. The highest BCUT2D eigenvalue weighted by Crippen LogP contribution is 2.22. The lowest BCUT2D eigenvalue weighted by Gasteiger charge is -2.33. The molecule has 9 nitrogen and oxygen atoms in total. The summed E-state index contributed by atoms with van der Waals surface area (Å²) in [4.78, 5) is 14.4. The van der Waals surface area contributed by atoms with Crippen molar-refractivity contribution < 1.29 is 22.7 Å². The van der Waals surface area contributed by atoms with Crippen LogP contribution in [0.25, 0.3) is 0 Å². The number of rotatable bonds is 8. The van der Waals surface area contributed by atoms with Crippen molar-refractivity contribution in [2.75, 3.05) is 46.9 Å². The number of sulfonamides is 1. The molecular weight excluding hydrogens is 432 g/mol. The number of benzene rings is 2. The molecule has 3 rings (SSSR count). The second-order valence-corrected chi connectivity index (χ2v) is 9.33. The predicted molar refractivity (Wildman–Crippen MR) is 122 cm³/mol. The normalized spacial score (nSPS) is 15.6. The first-order valence-electron chi connectivity index (χ1n) is 10.2. The molecule has 2 aromatic carbocycles. The smallest absolute Gasteiger partial charge is 0.254 e. The monoisotopic (exact) mass is 460 g/mol. The van der Waals surface area contributed by atoms with E-state index < -0.39 is 10.0 Å². The fourth-order valence-corrected chi connectivity index (χ4v) is 4.76. The maximum Gasteiger partial charge on any atom is 0.254 e. The van der Waals surface area contributed by atoms with Crippen molar-refractivity contribution in [3.8, 4) is 11.5 Å². The Hall–Kier alpha value is -2.95. The molecule has 0 unspecified atom stereocenters. The number of hydrogen-bond donors (Lipinski definition) is 1. The van der Waals surface area contributed by atoms with E-state index in [0.29, 0.717) is 43.2 Å². The van der Waals surface area contributed by atoms with Crippen LogP contribution in [0.5, 0.6) is 11.5 Å². The van der Waals surface area contributed by atoms with Gasteiger partial charge in [-0.05, 0) is 37.3 Å². The topological polar surface area (TPSA) is 101 Å². The Labute approximate surface area is 188 Å². The Morgan fingerprint density at radius 1 is 1.06 bits per heavy atom. The molecule has 0 aromatic heterocycles. The highest BCUT2D eigenvalue weighted by atomic mass is 32.2. The van der Waals surface area contributed by atoms with Gasteiger partial charge in [0.25, 0.3) is 5.91 Å². The van der Waals surface area contributed by atoms with Crippen LogP contribution in [0.1, 0.15) is 11.1 Å². The molecule has 32 heavy (non-hydrogen) atoms. The summed E-state index contributed by atoms with van der Waals surface area (Å²) in [6, 6.07) is 12.1. The molecule has 1 N–H and O–H groups in total. The fraction of sp³-hybridized carbons (Fsp3) is 0.364. The number of piperazine rings is 1. The van der Waals surface area contributed by atoms with Gasteiger partial charge in [-0.2, -0.15) is 9.41 Å². The van der Waals surface area contributed by atoms with Crippen molar-refractivity contribution in [1.82, 2.24) is 14.6 Å². The molecule has 10 heteroatoms. The summed E-state index contributed by atoms with van der Waals surface area (Å²) in [7, 11) is -0.410. The van der Waals surface area contributed by atoms with Gasteiger partial charge in [0.05, 0.1) is 31.9 Å². The first kappa shape index (κ1) is 23.7. The van der Waals surface area contributed by atoms with E-state index >= 15 is 0 Å². The molecule has 2 aromatic rings. The van der Waals surface area contributed by atoms with Gasteiger partial charge in [0, 0.05) is 31.7 Å². The lowest BCUT2D eigenvalue weighted by atomic mass is 10.2. The fourth-order valence-electron chi connectivity index (χ4n) is 3.34. The van der Waals surface area contributed by atoms with E-state index in [-0.39, 0.29) is 17.3 Å². The van der Waals surface area contributed by atoms with E-state index in [0.717, 1.165) is 5.56 Å². The number of ether oxygens (including phenoxy) is 2. The number of methoxy groups -OCH3 is 2. The van der Waals surface area contributed by atoms with Crippen LogP contribution in [0.3, 0.4) is 0 Å². The maximum atomic E-state index is 12.8. The zero-order chi connectivity index (χ0) is 23.1. The van der Waals surface area contributed by atoms with E-state index in [9.17, 15) is 13.2 Å². The van der Waals surface area contributed by atoms with Crippen molar-refractivity contribution in [2.24, 2.45) is 5.10 Å². The molecule has 1 heterocycles. The number of hydrogen-bond acceptors (Lipinski definition) is 7. The number of nitrogens with zero attached hydrogens (tertiary/aromatic N) is 3. The molecule has 0 saturated carbocycles. The number of nitrogens with one attached hydrogen (secondary N) is 1. The van der Waals surface area contributed by atoms with E-state index in [1.54, 1.807) is 56.7 Å². The Kier molecular flexibility index (Phi) is 7.84. The molecular formula is C22H28N4O5S. The Morgan fingerprint density at radius 3 is 2.38 bits per heavy atom. The Bertz CT molecular complexity index is 1060. The lowest BCUT2D eigenvalue weighted by Crippen LogP contribution is -2.50. The third kappa shape index (κ3) is 5.84. The van der Waals surface area contributed by atoms with Gasteiger partial charge in [-0.25, -0.2) is 13.8 Å². The standard InChI is InChI=1S/C22H28N4O5S/c1-17-4-7-20(8-5-17)32(28,29)26-12-10-25(11-13-26)16-22(27)24-23-15-18-14-19(30-2)6-9-21(18)31-3/h4-9,14-15H,10-13,16H2,1-3H3,(H,24,27). The minimum absolute atomic E-state index is 0.130. The van der Waals surface area contributed by atoms with Crippen LogP contribution in [-0.4, -0.2) is 76.7 Å². The van der Waals surface area contributed by atoms with Gasteiger partial charge in [0.15, 0.2) is 0 Å². The maximum absolute atomic E-state index is 12.8. The van der Waals surface area contributed by atoms with Crippen molar-refractivity contribution in [3.63, 3.8) is 0 Å². The quantitative estimate of drug-likeness (QED) is 0.473. The van der Waals surface area contributed by atoms with Crippen LogP contribution in [0.4, 0.5) is 0 Å². The van der Waals surface area contributed by atoms with Gasteiger partial charge in [0.1, 0.15) is 11.5 Å². The molecule has 1 saturated heterocycles. The third-order valence-corrected chi connectivity index (χ3v) is 7.10. The molecule has 1 fully saturated rings. The molecule has 0 aliphatic carbocycles. The number of carbonyl (C=O) groups excluding carboxylic acids is 1. The summed E-state index contributed by atoms with van der Waals surface area (Å²) in [5, 5.41) is 4.00. The molecule has 1 aliphatic rings. The van der Waals surface area contributed by atoms with Gasteiger partial charge < -0.3 is 9.47 Å². The van der Waals surface area contributed by atoms with Gasteiger partial charge in [0.2, 0.25) is 10.0 Å². The minimum atomic E-state index is -3.53. The van der Waals surface area contributed by atoms with Crippen molar-refractivity contribution >= 4 is 22.1 Å². The van der Waals surface area contributed by atoms with Crippen LogP contribution >= 0.6 is 0 Å². The molecule has 1 aliphatic heterocycles. The van der Waals surface area contributed by atoms with Gasteiger partial charge in [-0.3, -0.25) is 9.69 Å². The summed E-state index contributed by atoms with van der Waals surface area (Å²) >= 11 is 0. The summed E-state index contributed by atoms with van der Waals surface area (Å²) in [5.74, 6) is 0.977. The van der Waals surface area contributed by atoms with Crippen LogP contribution in [0.15, 0.2) is 52.5 Å². The highest BCUT2D eigenvalue weighted by molar-refractivity contribution is 7.89. The van der Waals surface area contributed by atoms with E-state index in [2.05, 4.69) is 10.5 Å². The SMILES string of the molecule is COc1ccc(OC)c(C=NNC(=O)CN2CCN(S(=O)(=O)c3ccc(C)cc3)CC2)c1. The van der Waals surface area contributed by atoms with Crippen LogP contribution in [0.2, 0.25) is 0 Å². The highest BCUT2D eigenvalue weighted by Gasteiger charge is 2.28. The van der Waals surface area contributed by atoms with Crippen molar-refractivity contribution in [2.45, 2.75) is 11.8 Å². The van der Waals surface area contributed by atoms with Gasteiger partial charge in [-0.15, -0.1) is 0 Å². The van der Waals surface area contributed by atoms with Crippen molar-refractivity contribution in [3.05, 3.63) is 53.6 Å². The van der Waals surface area contributed by atoms with Crippen molar-refractivity contribution in [1.29, 1.82) is 0 Å². The number of aryl methyl sites for hydroxylation is 1. The second kappa shape index (κ2) is 10.6. The minimum Gasteiger partial charge on any atom is -0.497 e. The van der Waals surface area contributed by atoms with E-state index in [1.165, 1.54) is 10.5 Å². The number of amides is 1. The molecule has 0 bridgehead atoms. The zero-order valence-electron chi connectivity index (χ0n) is 18.4.